The maximum atomic E-state index is 15.3. The molecule has 1 spiro atoms. The summed E-state index contributed by atoms with van der Waals surface area (Å²) in [5, 5.41) is 7.98. The fourth-order valence-electron chi connectivity index (χ4n) is 5.93. The Morgan fingerprint density at radius 1 is 1.22 bits per heavy atom. The van der Waals surface area contributed by atoms with Crippen molar-refractivity contribution in [3.8, 4) is 11.5 Å². The topological polar surface area (TPSA) is 102 Å². The number of carbonyl (C=O) groups is 1. The molecule has 217 valence electrons. The Morgan fingerprint density at radius 2 is 1.88 bits per heavy atom. The number of amides is 1. The lowest BCUT2D eigenvalue weighted by Gasteiger charge is -2.35. The van der Waals surface area contributed by atoms with Gasteiger partial charge in [0.15, 0.2) is 23.1 Å². The van der Waals surface area contributed by atoms with Gasteiger partial charge in [0.05, 0.1) is 31.9 Å². The normalized spacial score (nSPS) is 19.6. The smallest absolute Gasteiger partial charge is 0.238 e. The van der Waals surface area contributed by atoms with Crippen LogP contribution >= 0.6 is 0 Å². The van der Waals surface area contributed by atoms with Crippen LogP contribution in [0.3, 0.4) is 0 Å². The Balaban J connectivity index is 1.34. The third-order valence-corrected chi connectivity index (χ3v) is 9.58. The number of hydrogen-bond acceptors (Lipinski definition) is 7. The van der Waals surface area contributed by atoms with Crippen LogP contribution in [0.2, 0.25) is 6.32 Å². The van der Waals surface area contributed by atoms with Crippen molar-refractivity contribution >= 4 is 42.0 Å². The molecule has 1 unspecified atom stereocenters. The molecule has 1 saturated carbocycles. The minimum atomic E-state index is -0.960. The van der Waals surface area contributed by atoms with E-state index in [9.17, 15) is 9.35 Å². The Labute approximate surface area is 243 Å². The van der Waals surface area contributed by atoms with Crippen molar-refractivity contribution in [1.82, 2.24) is 9.29 Å². The average molecular weight is 583 g/mol. The molecule has 41 heavy (non-hydrogen) atoms. The molecule has 1 N–H and O–H groups in total. The van der Waals surface area contributed by atoms with Gasteiger partial charge in [-0.3, -0.25) is 9.78 Å². The fourth-order valence-corrected chi connectivity index (χ4v) is 6.66. The summed E-state index contributed by atoms with van der Waals surface area (Å²) in [6, 6.07) is 2.97. The van der Waals surface area contributed by atoms with E-state index in [1.165, 1.54) is 20.4 Å². The molecule has 12 heteroatoms. The van der Waals surface area contributed by atoms with Gasteiger partial charge in [-0.2, -0.15) is 0 Å². The second-order valence-electron chi connectivity index (χ2n) is 10.8. The highest BCUT2D eigenvalue weighted by Crippen LogP contribution is 2.55. The number of halogens is 2. The van der Waals surface area contributed by atoms with Crippen molar-refractivity contribution < 1.29 is 27.6 Å². The quantitative estimate of drug-likeness (QED) is 0.192. The van der Waals surface area contributed by atoms with Crippen LogP contribution in [0.1, 0.15) is 48.9 Å². The van der Waals surface area contributed by atoms with E-state index in [1.807, 2.05) is 23.6 Å². The molecule has 8 nitrogen and oxygen atoms in total. The number of fused-ring (bicyclic) bond motifs is 2. The van der Waals surface area contributed by atoms with Crippen LogP contribution in [0.5, 0.6) is 11.5 Å². The lowest BCUT2D eigenvalue weighted by atomic mass is 9.69. The van der Waals surface area contributed by atoms with Crippen LogP contribution in [0.4, 0.5) is 14.5 Å². The Bertz CT molecular complexity index is 1330. The second-order valence-corrected chi connectivity index (χ2v) is 12.2. The highest BCUT2D eigenvalue weighted by molar-refractivity contribution is 7.88. The van der Waals surface area contributed by atoms with Gasteiger partial charge in [-0.15, -0.1) is 10.3 Å². The molecule has 1 aromatic heterocycles. The summed E-state index contributed by atoms with van der Waals surface area (Å²) in [7, 11) is 4.59. The first-order chi connectivity index (χ1) is 19.7. The molecule has 2 aromatic rings. The van der Waals surface area contributed by atoms with Crippen LogP contribution in [-0.2, 0) is 28.1 Å². The third kappa shape index (κ3) is 5.61. The molecule has 1 aliphatic carbocycles. The number of ether oxygens (including phenoxy) is 2. The number of rotatable bonds is 10. The summed E-state index contributed by atoms with van der Waals surface area (Å²) in [6.07, 6.45) is 9.69. The van der Waals surface area contributed by atoms with Gasteiger partial charge in [-0.25, -0.2) is 8.78 Å². The van der Waals surface area contributed by atoms with Gasteiger partial charge >= 0.3 is 0 Å². The van der Waals surface area contributed by atoms with Crippen molar-refractivity contribution in [3.05, 3.63) is 52.8 Å². The van der Waals surface area contributed by atoms with Crippen LogP contribution < -0.4 is 14.4 Å². The lowest BCUT2D eigenvalue weighted by molar-refractivity contribution is -0.121. The maximum absolute atomic E-state index is 15.3. The number of allylic oxidation sites excluding steroid dienone is 1. The molecular formula is C29H34BF2N4O4S. The minimum Gasteiger partial charge on any atom is -0.598 e. The lowest BCUT2D eigenvalue weighted by Crippen LogP contribution is -2.45. The zero-order valence-corrected chi connectivity index (χ0v) is 24.4. The van der Waals surface area contributed by atoms with E-state index in [0.717, 1.165) is 55.2 Å². The van der Waals surface area contributed by atoms with Crippen LogP contribution in [0.25, 0.3) is 5.57 Å². The number of piperidine rings is 1. The third-order valence-electron chi connectivity index (χ3n) is 8.48. The molecule has 1 aromatic carbocycles. The summed E-state index contributed by atoms with van der Waals surface area (Å²) in [5.74, 6) is -0.239. The summed E-state index contributed by atoms with van der Waals surface area (Å²) in [5.41, 5.74) is 1.35. The highest BCUT2D eigenvalue weighted by atomic mass is 32.2. The monoisotopic (exact) mass is 583 g/mol. The van der Waals surface area contributed by atoms with E-state index in [4.69, 9.17) is 14.9 Å². The van der Waals surface area contributed by atoms with E-state index in [0.29, 0.717) is 35.6 Å². The van der Waals surface area contributed by atoms with E-state index in [-0.39, 0.29) is 24.0 Å². The summed E-state index contributed by atoms with van der Waals surface area (Å²) in [6.45, 7) is 1.67. The van der Waals surface area contributed by atoms with E-state index < -0.39 is 34.1 Å². The summed E-state index contributed by atoms with van der Waals surface area (Å²) < 4.78 is 54.4. The van der Waals surface area contributed by atoms with Crippen LogP contribution in [-0.4, -0.2) is 66.8 Å². The maximum Gasteiger partial charge on any atom is 0.238 e. The molecule has 0 bridgehead atoms. The van der Waals surface area contributed by atoms with Crippen molar-refractivity contribution in [2.75, 3.05) is 38.5 Å². The first-order valence-electron chi connectivity index (χ1n) is 13.8. The standard InChI is InChI=1S/C29H34BF2N4O4S/c1-39-23-13-24(40-2)26(32)27(25(23)31)36-17-20-16-34-22(12-21(20)29(7-8-29)28(36)37)19(15-33)14-30-9-4-18-5-10-35(11-6-18)41(3)38/h12-16,18,33H,4-11,17H2,1-3H3/b19-14+,33-15?. The molecule has 3 heterocycles. The van der Waals surface area contributed by atoms with Crippen molar-refractivity contribution in [3.63, 3.8) is 0 Å². The van der Waals surface area contributed by atoms with Gasteiger partial charge in [-0.1, -0.05) is 12.7 Å². The predicted octanol–water partition coefficient (Wildman–Crippen LogP) is 4.46. The number of methoxy groups -OCH3 is 2. The van der Waals surface area contributed by atoms with Gasteiger partial charge in [0.1, 0.15) is 19.2 Å². The van der Waals surface area contributed by atoms with E-state index in [2.05, 4.69) is 4.98 Å². The molecule has 1 amide bonds. The molecule has 1 atom stereocenters. The number of anilines is 1. The van der Waals surface area contributed by atoms with Crippen LogP contribution in [0.15, 0.2) is 24.3 Å². The Kier molecular flexibility index (Phi) is 8.72. The number of nitrogens with zero attached hydrogens (tertiary/aromatic N) is 3. The zero-order chi connectivity index (χ0) is 29.3. The van der Waals surface area contributed by atoms with E-state index in [1.54, 1.807) is 12.5 Å². The molecule has 2 fully saturated rings. The fraction of sp³-hybridized carbons (Fsp3) is 0.483. The Morgan fingerprint density at radius 3 is 2.44 bits per heavy atom. The van der Waals surface area contributed by atoms with Gasteiger partial charge in [0.2, 0.25) is 5.91 Å². The zero-order valence-electron chi connectivity index (χ0n) is 23.5. The molecule has 1 radical (unpaired) electrons. The molecule has 5 rings (SSSR count). The second kappa shape index (κ2) is 12.1. The predicted molar refractivity (Wildman–Crippen MR) is 156 cm³/mol. The summed E-state index contributed by atoms with van der Waals surface area (Å²) in [4.78, 5) is 19.5. The van der Waals surface area contributed by atoms with Crippen molar-refractivity contribution in [2.24, 2.45) is 5.92 Å². The molecule has 2 aliphatic heterocycles. The number of benzene rings is 1. The summed E-state index contributed by atoms with van der Waals surface area (Å²) >= 11 is -0.908. The number of carbonyl (C=O) groups excluding carboxylic acids is 1. The van der Waals surface area contributed by atoms with Gasteiger partial charge in [0, 0.05) is 48.5 Å². The van der Waals surface area contributed by atoms with Gasteiger partial charge in [-0.05, 0) is 48.8 Å². The SMILES string of the molecule is COc1cc(OC)c(F)c(N2Cc3cnc(/C(C=N)=C/[B]CCC4CCN([S+](C)[O-])CC4)cc3C3(CC3)C2=O)c1F. The molecule has 1 saturated heterocycles. The molecule has 3 aliphatic rings. The number of aromatic nitrogens is 1. The van der Waals surface area contributed by atoms with Crippen LogP contribution in [0, 0.1) is 23.0 Å². The average Bonchev–Trinajstić information content (AvgIpc) is 3.78. The van der Waals surface area contributed by atoms with E-state index >= 15 is 8.78 Å². The largest absolute Gasteiger partial charge is 0.598 e. The number of pyridine rings is 1. The Hall–Kier alpha value is -2.96. The highest BCUT2D eigenvalue weighted by Gasteiger charge is 2.57. The molecular weight excluding hydrogens is 549 g/mol. The first kappa shape index (κ1) is 29.5. The number of nitrogens with one attached hydrogen (secondary N) is 1. The van der Waals surface area contributed by atoms with Crippen molar-refractivity contribution in [1.29, 1.82) is 5.41 Å². The minimum absolute atomic E-state index is 0.0481. The van der Waals surface area contributed by atoms with Gasteiger partial charge < -0.3 is 24.3 Å². The first-order valence-corrected chi connectivity index (χ1v) is 15.3. The number of hydrogen-bond donors (Lipinski definition) is 1. The van der Waals surface area contributed by atoms with Crippen molar-refractivity contribution in [2.45, 2.75) is 50.4 Å². The van der Waals surface area contributed by atoms with Gasteiger partial charge in [0.25, 0.3) is 0 Å².